The van der Waals surface area contributed by atoms with Crippen molar-refractivity contribution in [1.29, 1.82) is 0 Å². The van der Waals surface area contributed by atoms with Crippen LogP contribution in [0.1, 0.15) is 24.0 Å². The normalized spacial score (nSPS) is 13.7. The van der Waals surface area contributed by atoms with Gasteiger partial charge in [0.25, 0.3) is 5.91 Å². The van der Waals surface area contributed by atoms with Crippen molar-refractivity contribution in [2.24, 2.45) is 5.10 Å². The van der Waals surface area contributed by atoms with Gasteiger partial charge in [-0.3, -0.25) is 9.59 Å². The minimum atomic E-state index is -0.187. The van der Waals surface area contributed by atoms with E-state index in [1.807, 2.05) is 48.5 Å². The first-order valence-electron chi connectivity index (χ1n) is 9.41. The monoisotopic (exact) mass is 395 g/mol. The number of hydrazone groups is 1. The van der Waals surface area contributed by atoms with E-state index in [0.717, 1.165) is 11.1 Å². The lowest BCUT2D eigenvalue weighted by molar-refractivity contribution is -0.130. The van der Waals surface area contributed by atoms with Gasteiger partial charge in [-0.1, -0.05) is 36.4 Å². The maximum atomic E-state index is 12.6. The topological polar surface area (TPSA) is 71.4 Å². The van der Waals surface area contributed by atoms with Crippen molar-refractivity contribution in [2.75, 3.05) is 21.2 Å². The van der Waals surface area contributed by atoms with E-state index >= 15 is 0 Å². The average molecular weight is 395 g/mol. The molecule has 0 atom stereocenters. The summed E-state index contributed by atoms with van der Waals surface area (Å²) < 4.78 is 11.3. The fourth-order valence-electron chi connectivity index (χ4n) is 3.05. The quantitative estimate of drug-likeness (QED) is 0.723. The van der Waals surface area contributed by atoms with Gasteiger partial charge in [0.05, 0.1) is 7.11 Å². The molecule has 7 nitrogen and oxygen atoms in total. The van der Waals surface area contributed by atoms with Crippen molar-refractivity contribution in [2.45, 2.75) is 26.0 Å². The molecule has 0 bridgehead atoms. The minimum Gasteiger partial charge on any atom is -0.493 e. The van der Waals surface area contributed by atoms with Crippen LogP contribution >= 0.6 is 0 Å². The van der Waals surface area contributed by atoms with Gasteiger partial charge in [0.1, 0.15) is 12.3 Å². The van der Waals surface area contributed by atoms with Crippen LogP contribution in [0.3, 0.4) is 0 Å². The van der Waals surface area contributed by atoms with Crippen LogP contribution in [0.4, 0.5) is 0 Å². The summed E-state index contributed by atoms with van der Waals surface area (Å²) in [6.45, 7) is 0.839. The Balaban J connectivity index is 1.65. The van der Waals surface area contributed by atoms with E-state index in [9.17, 15) is 9.59 Å². The van der Waals surface area contributed by atoms with Crippen molar-refractivity contribution < 1.29 is 19.1 Å². The largest absolute Gasteiger partial charge is 0.493 e. The lowest BCUT2D eigenvalue weighted by atomic mass is 10.1. The van der Waals surface area contributed by atoms with E-state index in [-0.39, 0.29) is 11.8 Å². The Bertz CT molecular complexity index is 912. The molecule has 0 aliphatic carbocycles. The van der Waals surface area contributed by atoms with E-state index in [4.69, 9.17) is 9.47 Å². The molecule has 0 spiro atoms. The summed E-state index contributed by atoms with van der Waals surface area (Å²) in [5.74, 6) is 0.984. The van der Waals surface area contributed by atoms with Crippen LogP contribution in [0.15, 0.2) is 53.6 Å². The minimum absolute atomic E-state index is 0.0833. The molecule has 7 heteroatoms. The third-order valence-electron chi connectivity index (χ3n) is 4.69. The molecule has 0 fully saturated rings. The molecule has 29 heavy (non-hydrogen) atoms. The van der Waals surface area contributed by atoms with E-state index < -0.39 is 0 Å². The number of nitrogens with zero attached hydrogens (tertiary/aromatic N) is 3. The third kappa shape index (κ3) is 5.13. The molecule has 2 aromatic rings. The number of benzene rings is 2. The number of ether oxygens (including phenoxy) is 2. The molecule has 0 N–H and O–H groups in total. The number of carbonyl (C=O) groups is 2. The number of rotatable bonds is 7. The predicted molar refractivity (Wildman–Crippen MR) is 110 cm³/mol. The van der Waals surface area contributed by atoms with Gasteiger partial charge in [0, 0.05) is 33.5 Å². The van der Waals surface area contributed by atoms with Crippen molar-refractivity contribution in [3.05, 3.63) is 59.7 Å². The van der Waals surface area contributed by atoms with Gasteiger partial charge in [0.2, 0.25) is 5.91 Å². The van der Waals surface area contributed by atoms with E-state index in [1.165, 1.54) is 5.01 Å². The molecule has 0 unspecified atom stereocenters. The highest BCUT2D eigenvalue weighted by Gasteiger charge is 2.24. The van der Waals surface area contributed by atoms with Gasteiger partial charge in [-0.2, -0.15) is 5.10 Å². The number of carbonyl (C=O) groups excluding carboxylic acids is 2. The second-order valence-electron chi connectivity index (χ2n) is 6.88. The van der Waals surface area contributed by atoms with Crippen LogP contribution in [0.25, 0.3) is 0 Å². The fourth-order valence-corrected chi connectivity index (χ4v) is 3.05. The van der Waals surface area contributed by atoms with Gasteiger partial charge in [-0.15, -0.1) is 0 Å². The first-order chi connectivity index (χ1) is 14.0. The highest BCUT2D eigenvalue weighted by atomic mass is 16.5. The second kappa shape index (κ2) is 9.23. The molecule has 0 aromatic heterocycles. The molecule has 1 heterocycles. The summed E-state index contributed by atoms with van der Waals surface area (Å²) in [6, 6.07) is 15.5. The van der Waals surface area contributed by atoms with Crippen molar-refractivity contribution in [1.82, 2.24) is 9.91 Å². The highest BCUT2D eigenvalue weighted by molar-refractivity contribution is 6.39. The first-order valence-corrected chi connectivity index (χ1v) is 9.41. The van der Waals surface area contributed by atoms with Gasteiger partial charge in [-0.05, 0) is 23.3 Å². The van der Waals surface area contributed by atoms with Crippen LogP contribution in [-0.4, -0.2) is 48.6 Å². The molecular formula is C22H25N3O4. The standard InChI is InChI=1S/C22H25N3O4/c1-24(22(27)18-10-12-21(26)25(2)23-18)14-17-9-11-19(20(13-17)28-3)29-15-16-7-5-4-6-8-16/h4-9,11,13H,10,12,14-15H2,1-3H3. The average Bonchev–Trinajstić information content (AvgIpc) is 2.74. The van der Waals surface area contributed by atoms with Crippen molar-refractivity contribution >= 4 is 17.5 Å². The molecule has 0 saturated carbocycles. The summed E-state index contributed by atoms with van der Waals surface area (Å²) in [5, 5.41) is 5.32. The van der Waals surface area contributed by atoms with E-state index in [0.29, 0.717) is 43.2 Å². The van der Waals surface area contributed by atoms with Gasteiger partial charge >= 0.3 is 0 Å². The predicted octanol–water partition coefficient (Wildman–Crippen LogP) is 2.84. The first kappa shape index (κ1) is 20.4. The van der Waals surface area contributed by atoms with Crippen LogP contribution in [0.2, 0.25) is 0 Å². The Morgan fingerprint density at radius 3 is 2.55 bits per heavy atom. The lowest BCUT2D eigenvalue weighted by Crippen LogP contribution is -2.38. The van der Waals surface area contributed by atoms with Crippen molar-refractivity contribution in [3.8, 4) is 11.5 Å². The maximum Gasteiger partial charge on any atom is 0.270 e. The van der Waals surface area contributed by atoms with E-state index in [2.05, 4.69) is 5.10 Å². The summed E-state index contributed by atoms with van der Waals surface area (Å²) in [7, 11) is 4.87. The highest BCUT2D eigenvalue weighted by Crippen LogP contribution is 2.29. The maximum absolute atomic E-state index is 12.6. The summed E-state index contributed by atoms with van der Waals surface area (Å²) in [6.07, 6.45) is 0.665. The van der Waals surface area contributed by atoms with Crippen molar-refractivity contribution in [3.63, 3.8) is 0 Å². The zero-order valence-corrected chi connectivity index (χ0v) is 16.9. The van der Waals surface area contributed by atoms with Crippen LogP contribution in [0, 0.1) is 0 Å². The Kier molecular flexibility index (Phi) is 6.49. The number of hydrogen-bond acceptors (Lipinski definition) is 5. The molecule has 2 aromatic carbocycles. The van der Waals surface area contributed by atoms with Gasteiger partial charge in [-0.25, -0.2) is 5.01 Å². The van der Waals surface area contributed by atoms with Crippen LogP contribution in [-0.2, 0) is 22.7 Å². The smallest absolute Gasteiger partial charge is 0.270 e. The molecule has 152 valence electrons. The number of methoxy groups -OCH3 is 1. The summed E-state index contributed by atoms with van der Waals surface area (Å²) in [5.41, 5.74) is 2.37. The molecule has 3 rings (SSSR count). The van der Waals surface area contributed by atoms with Crippen LogP contribution < -0.4 is 9.47 Å². The zero-order chi connectivity index (χ0) is 20.8. The third-order valence-corrected chi connectivity index (χ3v) is 4.69. The molecule has 0 saturated heterocycles. The van der Waals surface area contributed by atoms with Gasteiger partial charge in [0.15, 0.2) is 11.5 Å². The fraction of sp³-hybridized carbons (Fsp3) is 0.318. The molecular weight excluding hydrogens is 370 g/mol. The zero-order valence-electron chi connectivity index (χ0n) is 16.9. The number of amides is 2. The molecule has 1 aliphatic rings. The second-order valence-corrected chi connectivity index (χ2v) is 6.88. The molecule has 2 amide bonds. The summed E-state index contributed by atoms with van der Waals surface area (Å²) in [4.78, 5) is 25.8. The lowest BCUT2D eigenvalue weighted by Gasteiger charge is -2.23. The molecule has 1 aliphatic heterocycles. The Morgan fingerprint density at radius 2 is 1.86 bits per heavy atom. The van der Waals surface area contributed by atoms with Crippen LogP contribution in [0.5, 0.6) is 11.5 Å². The SMILES string of the molecule is COc1cc(CN(C)C(=O)C2=NN(C)C(=O)CC2)ccc1OCc1ccccc1. The molecule has 0 radical (unpaired) electrons. The Morgan fingerprint density at radius 1 is 1.10 bits per heavy atom. The summed E-state index contributed by atoms with van der Waals surface area (Å²) >= 11 is 0. The van der Waals surface area contributed by atoms with E-state index in [1.54, 1.807) is 26.1 Å². The van der Waals surface area contributed by atoms with Gasteiger partial charge < -0.3 is 14.4 Å². The Hall–Kier alpha value is -3.35. The Labute approximate surface area is 170 Å². The number of hydrogen-bond donors (Lipinski definition) is 0.